The molecule has 0 unspecified atom stereocenters. The SMILES string of the molecule is CCCc1ccc(NC(=O)c2sc(NC)nc2N)cc1. The van der Waals surface area contributed by atoms with Crippen molar-refractivity contribution in [1.29, 1.82) is 0 Å². The molecule has 2 aromatic rings. The van der Waals surface area contributed by atoms with Gasteiger partial charge in [0, 0.05) is 12.7 Å². The largest absolute Gasteiger partial charge is 0.382 e. The number of carbonyl (C=O) groups is 1. The number of nitrogens with zero attached hydrogens (tertiary/aromatic N) is 1. The average Bonchev–Trinajstić information content (AvgIpc) is 2.83. The van der Waals surface area contributed by atoms with Crippen LogP contribution in [0.3, 0.4) is 0 Å². The van der Waals surface area contributed by atoms with Crippen LogP contribution in [0.4, 0.5) is 16.6 Å². The second kappa shape index (κ2) is 6.38. The van der Waals surface area contributed by atoms with Crippen LogP contribution >= 0.6 is 11.3 Å². The van der Waals surface area contributed by atoms with Gasteiger partial charge in [-0.25, -0.2) is 4.98 Å². The molecule has 0 radical (unpaired) electrons. The average molecular weight is 290 g/mol. The highest BCUT2D eigenvalue weighted by Crippen LogP contribution is 2.25. The van der Waals surface area contributed by atoms with Crippen molar-refractivity contribution in [3.63, 3.8) is 0 Å². The number of rotatable bonds is 5. The Morgan fingerprint density at radius 2 is 2.05 bits per heavy atom. The Kier molecular flexibility index (Phi) is 4.57. The highest BCUT2D eigenvalue weighted by molar-refractivity contribution is 7.18. The third-order valence-corrected chi connectivity index (χ3v) is 3.91. The van der Waals surface area contributed by atoms with Crippen LogP contribution < -0.4 is 16.4 Å². The normalized spacial score (nSPS) is 10.3. The van der Waals surface area contributed by atoms with Crippen molar-refractivity contribution in [2.75, 3.05) is 23.4 Å². The minimum atomic E-state index is -0.232. The summed E-state index contributed by atoms with van der Waals surface area (Å²) in [5, 5.41) is 6.34. The minimum absolute atomic E-state index is 0.232. The van der Waals surface area contributed by atoms with Gasteiger partial charge in [0.2, 0.25) is 0 Å². The van der Waals surface area contributed by atoms with Crippen molar-refractivity contribution < 1.29 is 4.79 Å². The quantitative estimate of drug-likeness (QED) is 0.791. The zero-order valence-corrected chi connectivity index (χ0v) is 12.4. The van der Waals surface area contributed by atoms with Crippen LogP contribution in [-0.2, 0) is 6.42 Å². The van der Waals surface area contributed by atoms with Crippen LogP contribution in [0.5, 0.6) is 0 Å². The topological polar surface area (TPSA) is 80.0 Å². The zero-order valence-electron chi connectivity index (χ0n) is 11.6. The first-order chi connectivity index (χ1) is 9.63. The number of aryl methyl sites for hydroxylation is 1. The summed E-state index contributed by atoms with van der Waals surface area (Å²) >= 11 is 1.24. The maximum atomic E-state index is 12.1. The van der Waals surface area contributed by atoms with E-state index in [2.05, 4.69) is 22.5 Å². The molecular formula is C14H18N4OS. The van der Waals surface area contributed by atoms with Crippen LogP contribution in [0, 0.1) is 0 Å². The number of nitrogen functional groups attached to an aromatic ring is 1. The number of nitrogens with one attached hydrogen (secondary N) is 2. The molecule has 0 aliphatic rings. The van der Waals surface area contributed by atoms with Crippen molar-refractivity contribution in [2.24, 2.45) is 0 Å². The Bertz CT molecular complexity index is 592. The van der Waals surface area contributed by atoms with E-state index < -0.39 is 0 Å². The van der Waals surface area contributed by atoms with E-state index >= 15 is 0 Å². The molecule has 4 N–H and O–H groups in total. The maximum absolute atomic E-state index is 12.1. The number of anilines is 3. The Morgan fingerprint density at radius 3 is 2.60 bits per heavy atom. The molecule has 0 aliphatic heterocycles. The van der Waals surface area contributed by atoms with Crippen molar-refractivity contribution in [3.8, 4) is 0 Å². The van der Waals surface area contributed by atoms with Crippen LogP contribution in [-0.4, -0.2) is 17.9 Å². The molecule has 5 nitrogen and oxygen atoms in total. The monoisotopic (exact) mass is 290 g/mol. The van der Waals surface area contributed by atoms with Crippen molar-refractivity contribution in [1.82, 2.24) is 4.98 Å². The Labute approximate surface area is 122 Å². The summed E-state index contributed by atoms with van der Waals surface area (Å²) in [4.78, 5) is 16.6. The number of aromatic nitrogens is 1. The predicted molar refractivity (Wildman–Crippen MR) is 84.5 cm³/mol. The number of carbonyl (C=O) groups excluding carboxylic acids is 1. The molecule has 6 heteroatoms. The zero-order chi connectivity index (χ0) is 14.5. The Balaban J connectivity index is 2.08. The fourth-order valence-corrected chi connectivity index (χ4v) is 2.57. The Morgan fingerprint density at radius 1 is 1.35 bits per heavy atom. The third kappa shape index (κ3) is 3.27. The minimum Gasteiger partial charge on any atom is -0.382 e. The van der Waals surface area contributed by atoms with Gasteiger partial charge in [0.15, 0.2) is 5.13 Å². The van der Waals surface area contributed by atoms with Gasteiger partial charge >= 0.3 is 0 Å². The lowest BCUT2D eigenvalue weighted by Gasteiger charge is -2.05. The molecular weight excluding hydrogens is 272 g/mol. The van der Waals surface area contributed by atoms with Gasteiger partial charge in [0.05, 0.1) is 0 Å². The highest BCUT2D eigenvalue weighted by Gasteiger charge is 2.15. The molecule has 0 bridgehead atoms. The van der Waals surface area contributed by atoms with Gasteiger partial charge in [0.1, 0.15) is 10.7 Å². The molecule has 0 fully saturated rings. The third-order valence-electron chi connectivity index (χ3n) is 2.82. The van der Waals surface area contributed by atoms with Gasteiger partial charge in [-0.05, 0) is 24.1 Å². The summed E-state index contributed by atoms with van der Waals surface area (Å²) in [7, 11) is 1.74. The molecule has 0 spiro atoms. The van der Waals surface area contributed by atoms with Crippen molar-refractivity contribution in [3.05, 3.63) is 34.7 Å². The number of nitrogens with two attached hydrogens (primary N) is 1. The van der Waals surface area contributed by atoms with Gasteiger partial charge in [-0.2, -0.15) is 0 Å². The lowest BCUT2D eigenvalue weighted by atomic mass is 10.1. The second-order valence-electron chi connectivity index (χ2n) is 4.38. The van der Waals surface area contributed by atoms with E-state index in [0.29, 0.717) is 10.0 Å². The number of hydrogen-bond donors (Lipinski definition) is 3. The van der Waals surface area contributed by atoms with Crippen molar-refractivity contribution in [2.45, 2.75) is 19.8 Å². The van der Waals surface area contributed by atoms with Gasteiger partial charge in [0.25, 0.3) is 5.91 Å². The molecule has 1 amide bonds. The Hall–Kier alpha value is -2.08. The molecule has 106 valence electrons. The van der Waals surface area contributed by atoms with E-state index in [-0.39, 0.29) is 11.7 Å². The molecule has 1 aromatic carbocycles. The fourth-order valence-electron chi connectivity index (χ4n) is 1.83. The fraction of sp³-hybridized carbons (Fsp3) is 0.286. The summed E-state index contributed by atoms with van der Waals surface area (Å²) in [6.45, 7) is 2.14. The van der Waals surface area contributed by atoms with Crippen LogP contribution in [0.1, 0.15) is 28.6 Å². The molecule has 0 atom stereocenters. The first-order valence-electron chi connectivity index (χ1n) is 6.48. The van der Waals surface area contributed by atoms with E-state index in [4.69, 9.17) is 5.73 Å². The molecule has 1 heterocycles. The van der Waals surface area contributed by atoms with Gasteiger partial charge in [-0.15, -0.1) is 0 Å². The van der Waals surface area contributed by atoms with Crippen molar-refractivity contribution >= 4 is 33.9 Å². The maximum Gasteiger partial charge on any atom is 0.269 e. The molecule has 0 aliphatic carbocycles. The first kappa shape index (κ1) is 14.3. The van der Waals surface area contributed by atoms with E-state index in [1.165, 1.54) is 16.9 Å². The smallest absolute Gasteiger partial charge is 0.269 e. The van der Waals surface area contributed by atoms with Gasteiger partial charge in [-0.1, -0.05) is 36.8 Å². The second-order valence-corrected chi connectivity index (χ2v) is 5.38. The number of hydrogen-bond acceptors (Lipinski definition) is 5. The van der Waals surface area contributed by atoms with Crippen LogP contribution in [0.2, 0.25) is 0 Å². The summed E-state index contributed by atoms with van der Waals surface area (Å²) in [6, 6.07) is 7.85. The van der Waals surface area contributed by atoms with E-state index in [0.717, 1.165) is 18.5 Å². The number of benzene rings is 1. The summed E-state index contributed by atoms with van der Waals surface area (Å²) in [6.07, 6.45) is 2.15. The molecule has 2 rings (SSSR count). The highest BCUT2D eigenvalue weighted by atomic mass is 32.1. The lowest BCUT2D eigenvalue weighted by molar-refractivity contribution is 0.103. The van der Waals surface area contributed by atoms with E-state index in [1.807, 2.05) is 24.3 Å². The molecule has 0 saturated heterocycles. The lowest BCUT2D eigenvalue weighted by Crippen LogP contribution is -2.12. The molecule has 0 saturated carbocycles. The van der Waals surface area contributed by atoms with E-state index in [9.17, 15) is 4.79 Å². The number of thiazole rings is 1. The van der Waals surface area contributed by atoms with Gasteiger partial charge < -0.3 is 16.4 Å². The standard InChI is InChI=1S/C14H18N4OS/c1-3-4-9-5-7-10(8-6-9)17-13(19)11-12(15)18-14(16-2)20-11/h5-8H,3-4,15H2,1-2H3,(H,16,18)(H,17,19). The van der Waals surface area contributed by atoms with E-state index in [1.54, 1.807) is 7.05 Å². The summed E-state index contributed by atoms with van der Waals surface area (Å²) < 4.78 is 0. The number of amides is 1. The summed E-state index contributed by atoms with van der Waals surface area (Å²) in [5.74, 6) is 0.0178. The predicted octanol–water partition coefficient (Wildman–Crippen LogP) is 2.97. The van der Waals surface area contributed by atoms with Crippen LogP contribution in [0.15, 0.2) is 24.3 Å². The molecule has 20 heavy (non-hydrogen) atoms. The van der Waals surface area contributed by atoms with Crippen LogP contribution in [0.25, 0.3) is 0 Å². The van der Waals surface area contributed by atoms with Gasteiger partial charge in [-0.3, -0.25) is 4.79 Å². The molecule has 1 aromatic heterocycles. The summed E-state index contributed by atoms with van der Waals surface area (Å²) in [5.41, 5.74) is 7.76. The first-order valence-corrected chi connectivity index (χ1v) is 7.30.